The largest absolute Gasteiger partial charge is 0.462 e. The average Bonchev–Trinajstić information content (AvgIpc) is 3.66. The molecule has 0 radical (unpaired) electrons. The first-order chi connectivity index (χ1) is 39.3. The van der Waals surface area contributed by atoms with Crippen LogP contribution in [0, 0.1) is 71.0 Å². The van der Waals surface area contributed by atoms with Crippen LogP contribution in [0.1, 0.15) is 146 Å². The van der Waals surface area contributed by atoms with Crippen LogP contribution in [0.5, 0.6) is 0 Å². The summed E-state index contributed by atoms with van der Waals surface area (Å²) in [6.45, 7) is 15.4. The van der Waals surface area contributed by atoms with Gasteiger partial charge in [0.05, 0.1) is 19.3 Å². The molecule has 82 heavy (non-hydrogen) atoms. The van der Waals surface area contributed by atoms with Crippen LogP contribution in [-0.4, -0.2) is 112 Å². The van der Waals surface area contributed by atoms with Crippen molar-refractivity contribution in [1.29, 1.82) is 0 Å². The molecule has 2 fully saturated rings. The molecule has 0 amide bonds. The SMILES string of the molecule is CC=CCC1CC(=O)OC(COC(=O)CC2C=CC(C)C(C)C2C=CCC(=O)OCC(COC(=O)CC2C=CC(C=CC)C(C)C2CC(=O)OCC2COC(=O)CC(CC)C(CC=CC)CC(=O)O2)OC(=O)CC)COC(=O)CC1CC. The van der Waals surface area contributed by atoms with Crippen LogP contribution in [0.15, 0.2) is 72.9 Å². The fourth-order valence-electron chi connectivity index (χ4n) is 11.3. The first kappa shape index (κ1) is 68.2. The van der Waals surface area contributed by atoms with E-state index in [4.69, 9.17) is 42.6 Å². The van der Waals surface area contributed by atoms with E-state index in [1.54, 1.807) is 13.0 Å². The summed E-state index contributed by atoms with van der Waals surface area (Å²) in [6, 6.07) is 0. The van der Waals surface area contributed by atoms with Crippen molar-refractivity contribution in [3.8, 4) is 0 Å². The van der Waals surface area contributed by atoms with Gasteiger partial charge in [0.15, 0.2) is 18.3 Å². The van der Waals surface area contributed by atoms with Crippen molar-refractivity contribution in [1.82, 2.24) is 0 Å². The molecule has 15 unspecified atom stereocenters. The van der Waals surface area contributed by atoms with E-state index >= 15 is 0 Å². The van der Waals surface area contributed by atoms with Crippen LogP contribution in [0.3, 0.4) is 0 Å². The zero-order chi connectivity index (χ0) is 60.1. The Morgan fingerprint density at radius 1 is 0.549 bits per heavy atom. The molecule has 0 aromatic carbocycles. The number of carbonyl (C=O) groups excluding carboxylic acids is 9. The highest BCUT2D eigenvalue weighted by Crippen LogP contribution is 2.40. The number of rotatable bonds is 26. The summed E-state index contributed by atoms with van der Waals surface area (Å²) in [5, 5.41) is 0. The maximum absolute atomic E-state index is 13.5. The van der Waals surface area contributed by atoms with Crippen LogP contribution in [0.2, 0.25) is 0 Å². The number of hydrogen-bond acceptors (Lipinski definition) is 18. The minimum atomic E-state index is -1.11. The number of esters is 9. The highest BCUT2D eigenvalue weighted by atomic mass is 16.6. The van der Waals surface area contributed by atoms with E-state index in [-0.39, 0.29) is 149 Å². The topological polar surface area (TPSA) is 237 Å². The minimum absolute atomic E-state index is 0.000510. The molecule has 2 saturated heterocycles. The molecule has 456 valence electrons. The highest BCUT2D eigenvalue weighted by Gasteiger charge is 2.38. The van der Waals surface area contributed by atoms with E-state index < -0.39 is 91.2 Å². The van der Waals surface area contributed by atoms with Crippen LogP contribution in [0.4, 0.5) is 0 Å². The van der Waals surface area contributed by atoms with Crippen LogP contribution >= 0.6 is 0 Å². The Morgan fingerprint density at radius 2 is 1.05 bits per heavy atom. The molecule has 18 heteroatoms. The fraction of sp³-hybridized carbons (Fsp3) is 0.672. The Hall–Kier alpha value is -6.33. The van der Waals surface area contributed by atoms with Gasteiger partial charge in [-0.3, -0.25) is 43.2 Å². The van der Waals surface area contributed by atoms with Gasteiger partial charge in [0.1, 0.15) is 39.6 Å². The molecule has 4 aliphatic rings. The third kappa shape index (κ3) is 23.5. The third-order valence-corrected chi connectivity index (χ3v) is 16.5. The Balaban J connectivity index is 1.31. The molecule has 0 N–H and O–H groups in total. The quantitative estimate of drug-likeness (QED) is 0.0445. The van der Waals surface area contributed by atoms with Gasteiger partial charge in [0, 0.05) is 38.5 Å². The predicted octanol–water partition coefficient (Wildman–Crippen LogP) is 10.0. The molecule has 2 aliphatic heterocycles. The van der Waals surface area contributed by atoms with E-state index in [0.717, 1.165) is 0 Å². The number of allylic oxidation sites excluding steroid dienone is 11. The van der Waals surface area contributed by atoms with Crippen LogP contribution in [0.25, 0.3) is 0 Å². The van der Waals surface area contributed by atoms with Gasteiger partial charge >= 0.3 is 53.7 Å². The van der Waals surface area contributed by atoms with Crippen molar-refractivity contribution in [2.45, 2.75) is 164 Å². The van der Waals surface area contributed by atoms with E-state index in [0.29, 0.717) is 25.7 Å². The zero-order valence-corrected chi connectivity index (χ0v) is 49.9. The smallest absolute Gasteiger partial charge is 0.309 e. The van der Waals surface area contributed by atoms with Gasteiger partial charge in [-0.05, 0) is 105 Å². The second-order valence-electron chi connectivity index (χ2n) is 22.3. The Kier molecular flexibility index (Phi) is 30.2. The number of ether oxygens (including phenoxy) is 9. The second kappa shape index (κ2) is 36.3. The van der Waals surface area contributed by atoms with Crippen LogP contribution in [-0.2, 0) is 85.8 Å². The molecule has 2 heterocycles. The van der Waals surface area contributed by atoms with Crippen molar-refractivity contribution >= 4 is 53.7 Å². The summed E-state index contributed by atoms with van der Waals surface area (Å²) >= 11 is 0. The van der Waals surface area contributed by atoms with Crippen LogP contribution < -0.4 is 0 Å². The molecular formula is C64H92O18. The zero-order valence-electron chi connectivity index (χ0n) is 49.9. The van der Waals surface area contributed by atoms with Crippen molar-refractivity contribution in [3.63, 3.8) is 0 Å². The molecular weight excluding hydrogens is 1060 g/mol. The van der Waals surface area contributed by atoms with Crippen molar-refractivity contribution < 1.29 is 85.8 Å². The third-order valence-electron chi connectivity index (χ3n) is 16.5. The molecule has 4 rings (SSSR count). The Bertz CT molecular complexity index is 2290. The summed E-state index contributed by atoms with van der Waals surface area (Å²) in [4.78, 5) is 118. The second-order valence-corrected chi connectivity index (χ2v) is 22.3. The molecule has 0 aromatic heterocycles. The fourth-order valence-corrected chi connectivity index (χ4v) is 11.3. The first-order valence-corrected chi connectivity index (χ1v) is 29.7. The highest BCUT2D eigenvalue weighted by molar-refractivity contribution is 5.75. The monoisotopic (exact) mass is 1150 g/mol. The number of carbonyl (C=O) groups is 9. The van der Waals surface area contributed by atoms with Gasteiger partial charge < -0.3 is 42.6 Å². The van der Waals surface area contributed by atoms with E-state index in [1.165, 1.54) is 0 Å². The van der Waals surface area contributed by atoms with Gasteiger partial charge in [-0.1, -0.05) is 127 Å². The Morgan fingerprint density at radius 3 is 1.57 bits per heavy atom. The average molecular weight is 1150 g/mol. The molecule has 2 aliphatic carbocycles. The lowest BCUT2D eigenvalue weighted by Gasteiger charge is -2.36. The van der Waals surface area contributed by atoms with Gasteiger partial charge in [-0.25, -0.2) is 0 Å². The van der Waals surface area contributed by atoms with Crippen molar-refractivity contribution in [2.75, 3.05) is 39.6 Å². The normalized spacial score (nSPS) is 29.8. The molecule has 0 saturated carbocycles. The Labute approximate surface area is 485 Å². The minimum Gasteiger partial charge on any atom is -0.462 e. The summed E-state index contributed by atoms with van der Waals surface area (Å²) in [5.41, 5.74) is 0. The predicted molar refractivity (Wildman–Crippen MR) is 303 cm³/mol. The van der Waals surface area contributed by atoms with Gasteiger partial charge in [-0.2, -0.15) is 0 Å². The van der Waals surface area contributed by atoms with Gasteiger partial charge in [0.25, 0.3) is 0 Å². The van der Waals surface area contributed by atoms with Crippen molar-refractivity contribution in [3.05, 3.63) is 72.9 Å². The van der Waals surface area contributed by atoms with E-state index in [9.17, 15) is 43.2 Å². The molecule has 0 aromatic rings. The lowest BCUT2D eigenvalue weighted by Crippen LogP contribution is -2.36. The maximum atomic E-state index is 13.5. The summed E-state index contributed by atoms with van der Waals surface area (Å²) in [5.74, 6) is -6.20. The first-order valence-electron chi connectivity index (χ1n) is 29.7. The van der Waals surface area contributed by atoms with E-state index in [1.807, 2.05) is 108 Å². The molecule has 0 spiro atoms. The summed E-state index contributed by atoms with van der Waals surface area (Å²) in [6.07, 6.45) is 22.9. The van der Waals surface area contributed by atoms with Gasteiger partial charge in [-0.15, -0.1) is 0 Å². The summed E-state index contributed by atoms with van der Waals surface area (Å²) < 4.78 is 50.2. The van der Waals surface area contributed by atoms with E-state index in [2.05, 4.69) is 13.8 Å². The lowest BCUT2D eigenvalue weighted by molar-refractivity contribution is -0.170. The summed E-state index contributed by atoms with van der Waals surface area (Å²) in [7, 11) is 0. The number of cyclic esters (lactones) is 4. The molecule has 0 bridgehead atoms. The maximum Gasteiger partial charge on any atom is 0.309 e. The molecule has 18 nitrogen and oxygen atoms in total. The number of hydrogen-bond donors (Lipinski definition) is 0. The van der Waals surface area contributed by atoms with Crippen molar-refractivity contribution in [2.24, 2.45) is 71.0 Å². The van der Waals surface area contributed by atoms with Gasteiger partial charge in [0.2, 0.25) is 0 Å². The lowest BCUT2D eigenvalue weighted by atomic mass is 9.69. The molecule has 15 atom stereocenters. The standard InChI is InChI=1S/C64H92O18/c1-10-16-20-47-30-63(72)81-52(37-75-58(67)28-44(47)13-4)39-78-60(69)32-49-25-24-41(7)42(8)54(49)22-18-23-57(66)74-35-51(80-56(65)15-6)36-77-61(70)33-50-27-26-46(19-12-3)43(9)55(50)34-62(71)79-40-53-38-76-59(68)29-45(14-5)48(21-17-11-2)31-64(73)82-53/h10-12,16-19,22,24-27,41-55H,13-15,20-21,23,28-40H2,1-9H3.